The highest BCUT2D eigenvalue weighted by molar-refractivity contribution is 9.10. The maximum Gasteiger partial charge on any atom is 0.248 e. The Bertz CT molecular complexity index is 1030. The SMILES string of the molecule is COc1ccc(Br)cc1/C=C/C(=O)Nc1ccc2c3c(cccc13)CC2. The van der Waals surface area contributed by atoms with Gasteiger partial charge in [-0.15, -0.1) is 0 Å². The average molecular weight is 408 g/mol. The van der Waals surface area contributed by atoms with Crippen LogP contribution >= 0.6 is 15.9 Å². The Morgan fingerprint density at radius 1 is 1.12 bits per heavy atom. The molecule has 0 aromatic heterocycles. The second-order valence-electron chi connectivity index (χ2n) is 6.32. The molecule has 0 unspecified atom stereocenters. The van der Waals surface area contributed by atoms with Gasteiger partial charge in [-0.25, -0.2) is 0 Å². The second-order valence-corrected chi connectivity index (χ2v) is 7.24. The first-order valence-electron chi connectivity index (χ1n) is 8.52. The zero-order valence-electron chi connectivity index (χ0n) is 14.4. The zero-order valence-corrected chi connectivity index (χ0v) is 16.0. The molecule has 1 aliphatic carbocycles. The number of halogens is 1. The minimum atomic E-state index is -0.161. The minimum Gasteiger partial charge on any atom is -0.496 e. The molecule has 1 N–H and O–H groups in total. The number of hydrogen-bond acceptors (Lipinski definition) is 2. The van der Waals surface area contributed by atoms with Crippen molar-refractivity contribution in [1.29, 1.82) is 0 Å². The van der Waals surface area contributed by atoms with Gasteiger partial charge in [-0.2, -0.15) is 0 Å². The van der Waals surface area contributed by atoms with Gasteiger partial charge in [-0.3, -0.25) is 4.79 Å². The number of anilines is 1. The van der Waals surface area contributed by atoms with Crippen molar-refractivity contribution in [2.45, 2.75) is 12.8 Å². The summed E-state index contributed by atoms with van der Waals surface area (Å²) in [7, 11) is 1.62. The summed E-state index contributed by atoms with van der Waals surface area (Å²) in [6.45, 7) is 0. The Kier molecular flexibility index (Phi) is 4.51. The van der Waals surface area contributed by atoms with Gasteiger partial charge in [0, 0.05) is 27.2 Å². The van der Waals surface area contributed by atoms with Crippen LogP contribution in [0.15, 0.2) is 59.1 Å². The lowest BCUT2D eigenvalue weighted by Gasteiger charge is -2.09. The number of carbonyl (C=O) groups is 1. The lowest BCUT2D eigenvalue weighted by Crippen LogP contribution is -2.08. The van der Waals surface area contributed by atoms with Crippen molar-refractivity contribution >= 4 is 44.4 Å². The third kappa shape index (κ3) is 3.13. The van der Waals surface area contributed by atoms with Crippen LogP contribution in [0, 0.1) is 0 Å². The molecule has 3 aromatic carbocycles. The van der Waals surface area contributed by atoms with Crippen molar-refractivity contribution in [1.82, 2.24) is 0 Å². The number of aryl methyl sites for hydroxylation is 2. The van der Waals surface area contributed by atoms with E-state index in [1.807, 2.05) is 24.3 Å². The molecule has 0 heterocycles. The number of hydrogen-bond donors (Lipinski definition) is 1. The van der Waals surface area contributed by atoms with Crippen molar-refractivity contribution in [3.8, 4) is 5.75 Å². The van der Waals surface area contributed by atoms with Gasteiger partial charge < -0.3 is 10.1 Å². The highest BCUT2D eigenvalue weighted by atomic mass is 79.9. The minimum absolute atomic E-state index is 0.161. The molecule has 1 amide bonds. The van der Waals surface area contributed by atoms with Gasteiger partial charge in [0.2, 0.25) is 5.91 Å². The standard InChI is InChI=1S/C22H18BrNO2/c1-26-20-11-9-17(23)13-16(20)8-12-21(25)24-19-10-7-15-6-5-14-3-2-4-18(19)22(14)15/h2-4,7-13H,5-6H2,1H3,(H,24,25)/b12-8+. The van der Waals surface area contributed by atoms with Gasteiger partial charge in [-0.1, -0.05) is 40.2 Å². The van der Waals surface area contributed by atoms with E-state index < -0.39 is 0 Å². The van der Waals surface area contributed by atoms with Crippen LogP contribution in [0.25, 0.3) is 16.8 Å². The third-order valence-electron chi connectivity index (χ3n) is 4.74. The first kappa shape index (κ1) is 16.9. The molecule has 130 valence electrons. The Labute approximate surface area is 160 Å². The van der Waals surface area contributed by atoms with Crippen molar-refractivity contribution in [2.24, 2.45) is 0 Å². The molecule has 4 rings (SSSR count). The van der Waals surface area contributed by atoms with Crippen LogP contribution in [0.1, 0.15) is 16.7 Å². The molecule has 0 radical (unpaired) electrons. The second kappa shape index (κ2) is 6.96. The fourth-order valence-corrected chi connectivity index (χ4v) is 3.91. The van der Waals surface area contributed by atoms with E-state index in [0.717, 1.165) is 39.7 Å². The van der Waals surface area contributed by atoms with Crippen molar-refractivity contribution in [3.63, 3.8) is 0 Å². The smallest absolute Gasteiger partial charge is 0.248 e. The summed E-state index contributed by atoms with van der Waals surface area (Å²) in [5.74, 6) is 0.563. The maximum absolute atomic E-state index is 12.4. The van der Waals surface area contributed by atoms with Crippen LogP contribution in [-0.2, 0) is 17.6 Å². The zero-order chi connectivity index (χ0) is 18.1. The van der Waals surface area contributed by atoms with Gasteiger partial charge in [-0.05, 0) is 59.7 Å². The van der Waals surface area contributed by atoms with Gasteiger partial charge >= 0.3 is 0 Å². The molecule has 0 bridgehead atoms. The summed E-state index contributed by atoms with van der Waals surface area (Å²) < 4.78 is 6.27. The molecular formula is C22H18BrNO2. The molecule has 3 aromatic rings. The quantitative estimate of drug-likeness (QED) is 0.591. The highest BCUT2D eigenvalue weighted by Crippen LogP contribution is 2.35. The van der Waals surface area contributed by atoms with E-state index in [1.54, 1.807) is 13.2 Å². The summed E-state index contributed by atoms with van der Waals surface area (Å²) in [6, 6.07) is 16.1. The van der Waals surface area contributed by atoms with Gasteiger partial charge in [0.25, 0.3) is 0 Å². The van der Waals surface area contributed by atoms with Crippen molar-refractivity contribution in [2.75, 3.05) is 12.4 Å². The first-order valence-corrected chi connectivity index (χ1v) is 9.31. The van der Waals surface area contributed by atoms with Crippen LogP contribution in [-0.4, -0.2) is 13.0 Å². The number of methoxy groups -OCH3 is 1. The number of nitrogens with one attached hydrogen (secondary N) is 1. The predicted octanol–water partition coefficient (Wildman–Crippen LogP) is 5.36. The van der Waals surface area contributed by atoms with E-state index in [0.29, 0.717) is 0 Å². The summed E-state index contributed by atoms with van der Waals surface area (Å²) in [5.41, 5.74) is 4.42. The van der Waals surface area contributed by atoms with Gasteiger partial charge in [0.15, 0.2) is 0 Å². The summed E-state index contributed by atoms with van der Waals surface area (Å²) in [6.07, 6.45) is 5.45. The number of amides is 1. The van der Waals surface area contributed by atoms with E-state index in [1.165, 1.54) is 22.6 Å². The van der Waals surface area contributed by atoms with E-state index in [9.17, 15) is 4.79 Å². The molecule has 0 fully saturated rings. The van der Waals surface area contributed by atoms with Crippen LogP contribution in [0.4, 0.5) is 5.69 Å². The molecule has 0 aliphatic heterocycles. The third-order valence-corrected chi connectivity index (χ3v) is 5.23. The monoisotopic (exact) mass is 407 g/mol. The summed E-state index contributed by atoms with van der Waals surface area (Å²) >= 11 is 3.44. The largest absolute Gasteiger partial charge is 0.496 e. The van der Waals surface area contributed by atoms with E-state index in [-0.39, 0.29) is 5.91 Å². The molecule has 0 saturated heterocycles. The maximum atomic E-state index is 12.4. The van der Waals surface area contributed by atoms with Crippen molar-refractivity contribution in [3.05, 3.63) is 75.8 Å². The predicted molar refractivity (Wildman–Crippen MR) is 110 cm³/mol. The molecule has 0 spiro atoms. The number of benzene rings is 3. The Hall–Kier alpha value is -2.59. The molecule has 4 heteroatoms. The lowest BCUT2D eigenvalue weighted by atomic mass is 10.0. The summed E-state index contributed by atoms with van der Waals surface area (Å²) in [5, 5.41) is 5.42. The summed E-state index contributed by atoms with van der Waals surface area (Å²) in [4.78, 5) is 12.4. The van der Waals surface area contributed by atoms with E-state index in [2.05, 4.69) is 45.5 Å². The van der Waals surface area contributed by atoms with Crippen LogP contribution in [0.3, 0.4) is 0 Å². The number of ether oxygens (including phenoxy) is 1. The fraction of sp³-hybridized carbons (Fsp3) is 0.136. The molecule has 0 atom stereocenters. The van der Waals surface area contributed by atoms with Gasteiger partial charge in [0.1, 0.15) is 5.75 Å². The Morgan fingerprint density at radius 3 is 2.73 bits per heavy atom. The number of carbonyl (C=O) groups excluding carboxylic acids is 1. The van der Waals surface area contributed by atoms with Crippen LogP contribution in [0.5, 0.6) is 5.75 Å². The number of rotatable bonds is 4. The highest BCUT2D eigenvalue weighted by Gasteiger charge is 2.16. The molecule has 0 saturated carbocycles. The molecule has 1 aliphatic rings. The molecule has 3 nitrogen and oxygen atoms in total. The van der Waals surface area contributed by atoms with Crippen molar-refractivity contribution < 1.29 is 9.53 Å². The normalized spacial score (nSPS) is 12.7. The fourth-order valence-electron chi connectivity index (χ4n) is 3.53. The molecular weight excluding hydrogens is 390 g/mol. The topological polar surface area (TPSA) is 38.3 Å². The Morgan fingerprint density at radius 2 is 1.92 bits per heavy atom. The van der Waals surface area contributed by atoms with Crippen LogP contribution in [0.2, 0.25) is 0 Å². The van der Waals surface area contributed by atoms with Gasteiger partial charge in [0.05, 0.1) is 7.11 Å². The van der Waals surface area contributed by atoms with E-state index in [4.69, 9.17) is 4.74 Å². The Balaban J connectivity index is 1.60. The van der Waals surface area contributed by atoms with Crippen LogP contribution < -0.4 is 10.1 Å². The average Bonchev–Trinajstić information content (AvgIpc) is 3.07. The molecule has 26 heavy (non-hydrogen) atoms. The first-order chi connectivity index (χ1) is 12.7. The lowest BCUT2D eigenvalue weighted by molar-refractivity contribution is -0.111. The van der Waals surface area contributed by atoms with E-state index >= 15 is 0 Å².